The second-order valence-corrected chi connectivity index (χ2v) is 5.93. The highest BCUT2D eigenvalue weighted by atomic mass is 16.5. The number of hydrogen-bond donors (Lipinski definition) is 1. The lowest BCUT2D eigenvalue weighted by Crippen LogP contribution is -2.36. The molecule has 3 unspecified atom stereocenters. The Balaban J connectivity index is 1.78. The fourth-order valence-corrected chi connectivity index (χ4v) is 3.12. The third-order valence-electron chi connectivity index (χ3n) is 4.30. The van der Waals surface area contributed by atoms with Gasteiger partial charge in [-0.2, -0.15) is 0 Å². The number of hydrogen-bond acceptors (Lipinski definition) is 4. The largest absolute Gasteiger partial charge is 0.379 e. The number of nitrogens with one attached hydrogen (secondary N) is 1. The van der Waals surface area contributed by atoms with Crippen molar-refractivity contribution < 1.29 is 4.74 Å². The van der Waals surface area contributed by atoms with Gasteiger partial charge in [-0.1, -0.05) is 13.8 Å². The van der Waals surface area contributed by atoms with Crippen LogP contribution in [-0.4, -0.2) is 40.6 Å². The molecule has 1 aromatic rings. The molecule has 3 heterocycles. The van der Waals surface area contributed by atoms with E-state index in [4.69, 9.17) is 4.74 Å². The van der Waals surface area contributed by atoms with Gasteiger partial charge in [-0.25, -0.2) is 0 Å². The highest BCUT2D eigenvalue weighted by Crippen LogP contribution is 2.28. The molecule has 0 radical (unpaired) electrons. The zero-order chi connectivity index (χ0) is 13.2. The normalized spacial score (nSPS) is 30.5. The summed E-state index contributed by atoms with van der Waals surface area (Å²) in [5.41, 5.74) is 0. The molecule has 1 fully saturated rings. The van der Waals surface area contributed by atoms with Gasteiger partial charge in [0, 0.05) is 19.0 Å². The van der Waals surface area contributed by atoms with Gasteiger partial charge in [0.15, 0.2) is 0 Å². The molecule has 1 aromatic heterocycles. The highest BCUT2D eigenvalue weighted by molar-refractivity contribution is 5.10. The van der Waals surface area contributed by atoms with Gasteiger partial charge in [0.1, 0.15) is 11.6 Å². The van der Waals surface area contributed by atoms with E-state index < -0.39 is 0 Å². The van der Waals surface area contributed by atoms with Crippen molar-refractivity contribution in [3.05, 3.63) is 11.6 Å². The first-order valence-electron chi connectivity index (χ1n) is 7.52. The zero-order valence-corrected chi connectivity index (χ0v) is 11.9. The summed E-state index contributed by atoms with van der Waals surface area (Å²) in [4.78, 5) is 0. The zero-order valence-electron chi connectivity index (χ0n) is 11.9. The van der Waals surface area contributed by atoms with Gasteiger partial charge in [-0.15, -0.1) is 10.2 Å². The van der Waals surface area contributed by atoms with Crippen LogP contribution in [0.2, 0.25) is 0 Å². The quantitative estimate of drug-likeness (QED) is 0.891. The lowest BCUT2D eigenvalue weighted by molar-refractivity contribution is 0.186. The van der Waals surface area contributed by atoms with Crippen molar-refractivity contribution in [2.75, 3.05) is 19.8 Å². The maximum absolute atomic E-state index is 5.66. The SMILES string of the molecule is CCCNC1COCC1c1nnc2n1CCC(C)C2. The number of nitrogens with zero attached hydrogens (tertiary/aromatic N) is 3. The molecule has 0 saturated carbocycles. The van der Waals surface area contributed by atoms with Gasteiger partial charge >= 0.3 is 0 Å². The summed E-state index contributed by atoms with van der Waals surface area (Å²) >= 11 is 0. The molecular formula is C14H24N4O. The van der Waals surface area contributed by atoms with Crippen molar-refractivity contribution >= 4 is 0 Å². The third-order valence-corrected chi connectivity index (χ3v) is 4.30. The van der Waals surface area contributed by atoms with E-state index in [0.717, 1.165) is 56.7 Å². The summed E-state index contributed by atoms with van der Waals surface area (Å²) in [6.45, 7) is 8.16. The molecule has 0 aliphatic carbocycles. The molecule has 0 amide bonds. The van der Waals surface area contributed by atoms with Gasteiger partial charge in [-0.05, 0) is 25.3 Å². The Hall–Kier alpha value is -0.940. The fraction of sp³-hybridized carbons (Fsp3) is 0.857. The molecule has 5 nitrogen and oxygen atoms in total. The maximum Gasteiger partial charge on any atom is 0.140 e. The highest BCUT2D eigenvalue weighted by Gasteiger charge is 2.34. The average molecular weight is 264 g/mol. The van der Waals surface area contributed by atoms with Crippen LogP contribution in [0.1, 0.15) is 44.3 Å². The van der Waals surface area contributed by atoms with E-state index in [0.29, 0.717) is 12.0 Å². The standard InChI is InChI=1S/C14H24N4O/c1-3-5-15-12-9-19-8-11(12)14-17-16-13-7-10(2)4-6-18(13)14/h10-12,15H,3-9H2,1-2H3. The summed E-state index contributed by atoms with van der Waals surface area (Å²) in [6, 6.07) is 0.396. The van der Waals surface area contributed by atoms with Crippen molar-refractivity contribution in [3.8, 4) is 0 Å². The van der Waals surface area contributed by atoms with Crippen molar-refractivity contribution in [2.24, 2.45) is 5.92 Å². The Morgan fingerprint density at radius 1 is 1.37 bits per heavy atom. The number of rotatable bonds is 4. The van der Waals surface area contributed by atoms with E-state index >= 15 is 0 Å². The molecule has 1 N–H and O–H groups in total. The van der Waals surface area contributed by atoms with Crippen LogP contribution in [0.15, 0.2) is 0 Å². The smallest absolute Gasteiger partial charge is 0.140 e. The van der Waals surface area contributed by atoms with Crippen molar-refractivity contribution in [1.82, 2.24) is 20.1 Å². The average Bonchev–Trinajstić information content (AvgIpc) is 3.01. The first kappa shape index (κ1) is 13.1. The molecular weight excluding hydrogens is 240 g/mol. The van der Waals surface area contributed by atoms with E-state index in [-0.39, 0.29) is 0 Å². The fourth-order valence-electron chi connectivity index (χ4n) is 3.12. The van der Waals surface area contributed by atoms with E-state index in [1.807, 2.05) is 0 Å². The van der Waals surface area contributed by atoms with Crippen molar-refractivity contribution in [1.29, 1.82) is 0 Å². The molecule has 3 atom stereocenters. The Morgan fingerprint density at radius 3 is 3.11 bits per heavy atom. The topological polar surface area (TPSA) is 52.0 Å². The Labute approximate surface area is 114 Å². The van der Waals surface area contributed by atoms with E-state index in [9.17, 15) is 0 Å². The molecule has 2 aliphatic rings. The Kier molecular flexibility index (Phi) is 3.84. The second-order valence-electron chi connectivity index (χ2n) is 5.93. The Bertz CT molecular complexity index is 431. The second kappa shape index (κ2) is 5.59. The molecule has 2 aliphatic heterocycles. The van der Waals surface area contributed by atoms with Crippen molar-refractivity contribution in [2.45, 2.75) is 51.6 Å². The van der Waals surface area contributed by atoms with E-state index in [1.165, 1.54) is 6.42 Å². The van der Waals surface area contributed by atoms with Crippen LogP contribution >= 0.6 is 0 Å². The van der Waals surface area contributed by atoms with Gasteiger partial charge in [0.25, 0.3) is 0 Å². The monoisotopic (exact) mass is 264 g/mol. The molecule has 3 rings (SSSR count). The van der Waals surface area contributed by atoms with Crippen LogP contribution in [0.4, 0.5) is 0 Å². The van der Waals surface area contributed by atoms with Crippen LogP contribution in [0, 0.1) is 5.92 Å². The van der Waals surface area contributed by atoms with Crippen LogP contribution in [0.5, 0.6) is 0 Å². The van der Waals surface area contributed by atoms with E-state index in [1.54, 1.807) is 0 Å². The first-order valence-corrected chi connectivity index (χ1v) is 7.52. The summed E-state index contributed by atoms with van der Waals surface area (Å²) in [6.07, 6.45) is 3.45. The molecule has 106 valence electrons. The van der Waals surface area contributed by atoms with Gasteiger partial charge in [0.05, 0.1) is 19.1 Å². The van der Waals surface area contributed by atoms with Crippen LogP contribution < -0.4 is 5.32 Å². The Morgan fingerprint density at radius 2 is 2.26 bits per heavy atom. The molecule has 5 heteroatoms. The molecule has 19 heavy (non-hydrogen) atoms. The predicted molar refractivity (Wildman–Crippen MR) is 73.1 cm³/mol. The predicted octanol–water partition coefficient (Wildman–Crippen LogP) is 1.34. The minimum Gasteiger partial charge on any atom is -0.379 e. The summed E-state index contributed by atoms with van der Waals surface area (Å²) < 4.78 is 7.99. The van der Waals surface area contributed by atoms with Crippen LogP contribution in [0.3, 0.4) is 0 Å². The maximum atomic E-state index is 5.66. The minimum atomic E-state index is 0.362. The summed E-state index contributed by atoms with van der Waals surface area (Å²) in [5, 5.41) is 12.4. The molecule has 0 aromatic carbocycles. The number of aromatic nitrogens is 3. The lowest BCUT2D eigenvalue weighted by Gasteiger charge is -2.23. The lowest BCUT2D eigenvalue weighted by atomic mass is 9.98. The summed E-state index contributed by atoms with van der Waals surface area (Å²) in [5.74, 6) is 3.39. The molecule has 0 bridgehead atoms. The van der Waals surface area contributed by atoms with Crippen LogP contribution in [-0.2, 0) is 17.7 Å². The van der Waals surface area contributed by atoms with E-state index in [2.05, 4.69) is 33.9 Å². The van der Waals surface area contributed by atoms with Crippen LogP contribution in [0.25, 0.3) is 0 Å². The molecule has 0 spiro atoms. The van der Waals surface area contributed by atoms with Crippen molar-refractivity contribution in [3.63, 3.8) is 0 Å². The first-order chi connectivity index (χ1) is 9.29. The molecule has 1 saturated heterocycles. The third kappa shape index (κ3) is 2.54. The number of ether oxygens (including phenoxy) is 1. The minimum absolute atomic E-state index is 0.362. The van der Waals surface area contributed by atoms with Gasteiger partial charge < -0.3 is 14.6 Å². The number of fused-ring (bicyclic) bond motifs is 1. The summed E-state index contributed by atoms with van der Waals surface area (Å²) in [7, 11) is 0. The van der Waals surface area contributed by atoms with Gasteiger partial charge in [0.2, 0.25) is 0 Å². The van der Waals surface area contributed by atoms with Gasteiger partial charge in [-0.3, -0.25) is 0 Å².